The summed E-state index contributed by atoms with van der Waals surface area (Å²) in [5, 5.41) is 11.7. The molecule has 1 saturated heterocycles. The number of hydrogen-bond acceptors (Lipinski definition) is 6. The fourth-order valence-electron chi connectivity index (χ4n) is 2.28. The molecule has 0 radical (unpaired) electrons. The quantitative estimate of drug-likeness (QED) is 0.813. The first-order valence-electron chi connectivity index (χ1n) is 6.98. The van der Waals surface area contributed by atoms with Gasteiger partial charge in [-0.05, 0) is 19.8 Å². The van der Waals surface area contributed by atoms with Crippen molar-refractivity contribution in [2.45, 2.75) is 25.9 Å². The first kappa shape index (κ1) is 14.9. The number of aromatic nitrogens is 2. The summed E-state index contributed by atoms with van der Waals surface area (Å²) < 4.78 is 19.3. The van der Waals surface area contributed by atoms with Crippen molar-refractivity contribution in [3.8, 4) is 0 Å². The van der Waals surface area contributed by atoms with Crippen LogP contribution in [0.3, 0.4) is 0 Å². The average Bonchev–Trinajstić information content (AvgIpc) is 2.48. The molecule has 2 heterocycles. The number of anilines is 2. The molecule has 1 fully saturated rings. The molecule has 20 heavy (non-hydrogen) atoms. The van der Waals surface area contributed by atoms with Crippen molar-refractivity contribution in [1.29, 1.82) is 0 Å². The number of hydrogen-bond donors (Lipinski definition) is 2. The fraction of sp³-hybridized carbons (Fsp3) is 0.692. The topological polar surface area (TPSA) is 70.5 Å². The smallest absolute Gasteiger partial charge is 0.224 e. The summed E-state index contributed by atoms with van der Waals surface area (Å²) in [6, 6.07) is 0. The molecule has 0 amide bonds. The Morgan fingerprint density at radius 3 is 2.90 bits per heavy atom. The predicted molar refractivity (Wildman–Crippen MR) is 74.4 cm³/mol. The van der Waals surface area contributed by atoms with Crippen molar-refractivity contribution in [2.24, 2.45) is 0 Å². The zero-order valence-electron chi connectivity index (χ0n) is 11.7. The second-order valence-electron chi connectivity index (χ2n) is 4.68. The van der Waals surface area contributed by atoms with Crippen LogP contribution in [0.2, 0.25) is 0 Å². The van der Waals surface area contributed by atoms with Crippen LogP contribution in [0.5, 0.6) is 0 Å². The van der Waals surface area contributed by atoms with E-state index in [1.54, 1.807) is 0 Å². The van der Waals surface area contributed by atoms with Crippen LogP contribution < -0.4 is 10.2 Å². The third-order valence-corrected chi connectivity index (χ3v) is 3.25. The van der Waals surface area contributed by atoms with E-state index in [2.05, 4.69) is 15.3 Å². The molecular formula is C13H21FN4O2. The van der Waals surface area contributed by atoms with Crippen molar-refractivity contribution in [3.05, 3.63) is 12.0 Å². The van der Waals surface area contributed by atoms with Crippen LogP contribution in [0.1, 0.15) is 19.8 Å². The number of nitrogens with one attached hydrogen (secondary N) is 1. The Balaban J connectivity index is 1.97. The van der Waals surface area contributed by atoms with Gasteiger partial charge in [0.05, 0.1) is 25.5 Å². The normalized spacial score (nSPS) is 16.4. The lowest BCUT2D eigenvalue weighted by Crippen LogP contribution is -2.38. The number of piperidine rings is 1. The van der Waals surface area contributed by atoms with E-state index in [-0.39, 0.29) is 12.7 Å². The monoisotopic (exact) mass is 284 g/mol. The lowest BCUT2D eigenvalue weighted by atomic mass is 10.1. The zero-order valence-corrected chi connectivity index (χ0v) is 11.7. The summed E-state index contributed by atoms with van der Waals surface area (Å²) in [6.07, 6.45) is 2.95. The maximum Gasteiger partial charge on any atom is 0.224 e. The number of aliphatic hydroxyl groups is 1. The standard InChI is InChI=1S/C13H21FN4O2/c1-2-15-13-16-9-11(14)12(17-13)18-5-3-10(4-6-18)20-8-7-19/h9-10,19H,2-8H2,1H3,(H,15,16,17). The number of rotatable bonds is 6. The molecule has 0 spiro atoms. The van der Waals surface area contributed by atoms with E-state index in [0.717, 1.165) is 12.8 Å². The maximum atomic E-state index is 13.8. The fourth-order valence-corrected chi connectivity index (χ4v) is 2.28. The number of nitrogens with zero attached hydrogens (tertiary/aromatic N) is 3. The summed E-state index contributed by atoms with van der Waals surface area (Å²) in [4.78, 5) is 10.0. The highest BCUT2D eigenvalue weighted by Crippen LogP contribution is 2.22. The van der Waals surface area contributed by atoms with Crippen LogP contribution in [0, 0.1) is 5.82 Å². The number of aliphatic hydroxyl groups excluding tert-OH is 1. The highest BCUT2D eigenvalue weighted by molar-refractivity contribution is 5.44. The van der Waals surface area contributed by atoms with Gasteiger partial charge in [-0.2, -0.15) is 4.98 Å². The van der Waals surface area contributed by atoms with E-state index in [1.165, 1.54) is 6.20 Å². The lowest BCUT2D eigenvalue weighted by molar-refractivity contribution is 0.0158. The Morgan fingerprint density at radius 2 is 2.25 bits per heavy atom. The second kappa shape index (κ2) is 7.35. The SMILES string of the molecule is CCNc1ncc(F)c(N2CCC(OCCO)CC2)n1. The zero-order chi connectivity index (χ0) is 14.4. The average molecular weight is 284 g/mol. The molecule has 0 aromatic carbocycles. The molecule has 1 aliphatic heterocycles. The second-order valence-corrected chi connectivity index (χ2v) is 4.68. The Hall–Kier alpha value is -1.47. The van der Waals surface area contributed by atoms with Crippen LogP contribution in [0.4, 0.5) is 16.2 Å². The van der Waals surface area contributed by atoms with Gasteiger partial charge in [0.1, 0.15) is 0 Å². The Morgan fingerprint density at radius 1 is 1.50 bits per heavy atom. The van der Waals surface area contributed by atoms with Gasteiger partial charge in [-0.15, -0.1) is 0 Å². The minimum atomic E-state index is -0.402. The van der Waals surface area contributed by atoms with Crippen LogP contribution >= 0.6 is 0 Å². The Labute approximate surface area is 118 Å². The van der Waals surface area contributed by atoms with Gasteiger partial charge in [-0.25, -0.2) is 9.37 Å². The van der Waals surface area contributed by atoms with E-state index in [9.17, 15) is 4.39 Å². The molecule has 0 atom stereocenters. The Bertz CT molecular complexity index is 425. The van der Waals surface area contributed by atoms with E-state index in [1.807, 2.05) is 11.8 Å². The summed E-state index contributed by atoms with van der Waals surface area (Å²) >= 11 is 0. The first-order chi connectivity index (χ1) is 9.74. The van der Waals surface area contributed by atoms with Gasteiger partial charge in [-0.1, -0.05) is 0 Å². The van der Waals surface area contributed by atoms with Gasteiger partial charge in [0, 0.05) is 19.6 Å². The molecule has 2 rings (SSSR count). The molecule has 7 heteroatoms. The van der Waals surface area contributed by atoms with Crippen molar-refractivity contribution in [3.63, 3.8) is 0 Å². The molecule has 2 N–H and O–H groups in total. The third-order valence-electron chi connectivity index (χ3n) is 3.25. The van der Waals surface area contributed by atoms with Crippen LogP contribution in [0.25, 0.3) is 0 Å². The summed E-state index contributed by atoms with van der Waals surface area (Å²) in [5.41, 5.74) is 0. The molecular weight excluding hydrogens is 263 g/mol. The minimum Gasteiger partial charge on any atom is -0.394 e. The minimum absolute atomic E-state index is 0.0345. The molecule has 1 aliphatic rings. The molecule has 0 aliphatic carbocycles. The van der Waals surface area contributed by atoms with Crippen LogP contribution in [-0.4, -0.2) is 54.0 Å². The largest absolute Gasteiger partial charge is 0.394 e. The Kier molecular flexibility index (Phi) is 5.49. The van der Waals surface area contributed by atoms with Gasteiger partial charge in [0.2, 0.25) is 5.95 Å². The van der Waals surface area contributed by atoms with Crippen molar-refractivity contribution < 1.29 is 14.2 Å². The first-order valence-corrected chi connectivity index (χ1v) is 6.98. The molecule has 1 aromatic rings. The van der Waals surface area contributed by atoms with Crippen molar-refractivity contribution in [2.75, 3.05) is 43.1 Å². The predicted octanol–water partition coefficient (Wildman–Crippen LogP) is 1.03. The van der Waals surface area contributed by atoms with Gasteiger partial charge in [0.25, 0.3) is 0 Å². The number of halogens is 1. The third kappa shape index (κ3) is 3.77. The molecule has 6 nitrogen and oxygen atoms in total. The van der Waals surface area contributed by atoms with Crippen LogP contribution in [0.15, 0.2) is 6.20 Å². The molecule has 1 aromatic heterocycles. The van der Waals surface area contributed by atoms with E-state index < -0.39 is 5.82 Å². The molecule has 0 bridgehead atoms. The highest BCUT2D eigenvalue weighted by atomic mass is 19.1. The highest BCUT2D eigenvalue weighted by Gasteiger charge is 2.23. The van der Waals surface area contributed by atoms with E-state index >= 15 is 0 Å². The molecule has 0 unspecified atom stereocenters. The van der Waals surface area contributed by atoms with E-state index in [4.69, 9.17) is 9.84 Å². The van der Waals surface area contributed by atoms with Gasteiger partial charge >= 0.3 is 0 Å². The van der Waals surface area contributed by atoms with Gasteiger partial charge in [0.15, 0.2) is 11.6 Å². The van der Waals surface area contributed by atoms with E-state index in [0.29, 0.717) is 38.0 Å². The summed E-state index contributed by atoms with van der Waals surface area (Å²) in [7, 11) is 0. The van der Waals surface area contributed by atoms with Gasteiger partial charge in [-0.3, -0.25) is 0 Å². The van der Waals surface area contributed by atoms with Gasteiger partial charge < -0.3 is 20.1 Å². The molecule has 112 valence electrons. The van der Waals surface area contributed by atoms with Crippen molar-refractivity contribution in [1.82, 2.24) is 9.97 Å². The van der Waals surface area contributed by atoms with Crippen molar-refractivity contribution >= 4 is 11.8 Å². The molecule has 0 saturated carbocycles. The lowest BCUT2D eigenvalue weighted by Gasteiger charge is -2.32. The number of ether oxygens (including phenoxy) is 1. The summed E-state index contributed by atoms with van der Waals surface area (Å²) in [5.74, 6) is 0.389. The summed E-state index contributed by atoms with van der Waals surface area (Å²) in [6.45, 7) is 4.41. The maximum absolute atomic E-state index is 13.8. The van der Waals surface area contributed by atoms with Crippen LogP contribution in [-0.2, 0) is 4.74 Å².